The summed E-state index contributed by atoms with van der Waals surface area (Å²) in [6, 6.07) is 14.8. The van der Waals surface area contributed by atoms with Crippen molar-refractivity contribution < 1.29 is 4.92 Å². The van der Waals surface area contributed by atoms with Crippen LogP contribution in [0.4, 0.5) is 5.69 Å². The van der Waals surface area contributed by atoms with E-state index in [2.05, 4.69) is 10.2 Å². The number of rotatable bonds is 4. The lowest BCUT2D eigenvalue weighted by Gasteiger charge is -2.36. The molecule has 120 valence electrons. The van der Waals surface area contributed by atoms with Crippen LogP contribution in [0.2, 0.25) is 5.02 Å². The molecular weight excluding hydrogens is 314 g/mol. The van der Waals surface area contributed by atoms with Gasteiger partial charge in [0, 0.05) is 48.9 Å². The number of para-hydroxylation sites is 1. The summed E-state index contributed by atoms with van der Waals surface area (Å²) >= 11 is 6.34. The van der Waals surface area contributed by atoms with E-state index in [1.54, 1.807) is 12.1 Å². The van der Waals surface area contributed by atoms with Crippen LogP contribution in [0.25, 0.3) is 0 Å². The molecule has 0 amide bonds. The number of piperazine rings is 1. The first kappa shape index (κ1) is 15.9. The van der Waals surface area contributed by atoms with Crippen molar-refractivity contribution in [3.05, 3.63) is 74.8 Å². The quantitative estimate of drug-likeness (QED) is 0.689. The van der Waals surface area contributed by atoms with Crippen molar-refractivity contribution in [2.75, 3.05) is 19.6 Å². The molecule has 1 aliphatic rings. The zero-order valence-electron chi connectivity index (χ0n) is 12.6. The van der Waals surface area contributed by atoms with Gasteiger partial charge in [-0.3, -0.25) is 15.0 Å². The zero-order valence-corrected chi connectivity index (χ0v) is 13.4. The summed E-state index contributed by atoms with van der Waals surface area (Å²) < 4.78 is 0. The maximum atomic E-state index is 11.2. The van der Waals surface area contributed by atoms with Crippen molar-refractivity contribution in [2.45, 2.75) is 12.6 Å². The Morgan fingerprint density at radius 2 is 1.96 bits per heavy atom. The Labute approximate surface area is 140 Å². The highest BCUT2D eigenvalue weighted by Crippen LogP contribution is 2.31. The lowest BCUT2D eigenvalue weighted by Crippen LogP contribution is -2.45. The third-order valence-electron chi connectivity index (χ3n) is 4.18. The fourth-order valence-electron chi connectivity index (χ4n) is 3.03. The molecule has 1 N–H and O–H groups in total. The molecule has 1 aliphatic heterocycles. The Kier molecular flexibility index (Phi) is 4.91. The van der Waals surface area contributed by atoms with E-state index >= 15 is 0 Å². The molecule has 0 bridgehead atoms. The average molecular weight is 332 g/mol. The lowest BCUT2D eigenvalue weighted by molar-refractivity contribution is -0.385. The molecule has 2 aromatic carbocycles. The first-order chi connectivity index (χ1) is 11.2. The smallest absolute Gasteiger partial charge is 0.273 e. The van der Waals surface area contributed by atoms with Gasteiger partial charge in [0.1, 0.15) is 0 Å². The van der Waals surface area contributed by atoms with Gasteiger partial charge < -0.3 is 5.32 Å². The SMILES string of the molecule is O=[N+]([O-])c1ccccc1CN1CCNCC1c1ccccc1Cl. The van der Waals surface area contributed by atoms with E-state index in [1.165, 1.54) is 0 Å². The van der Waals surface area contributed by atoms with Crippen molar-refractivity contribution in [1.29, 1.82) is 0 Å². The number of nitro benzene ring substituents is 1. The third-order valence-corrected chi connectivity index (χ3v) is 4.52. The van der Waals surface area contributed by atoms with Gasteiger partial charge in [-0.05, 0) is 11.6 Å². The van der Waals surface area contributed by atoms with Crippen LogP contribution in [0, 0.1) is 10.1 Å². The largest absolute Gasteiger partial charge is 0.314 e. The van der Waals surface area contributed by atoms with Crippen molar-refractivity contribution in [1.82, 2.24) is 10.2 Å². The Bertz CT molecular complexity index is 708. The topological polar surface area (TPSA) is 58.4 Å². The Balaban J connectivity index is 1.89. The van der Waals surface area contributed by atoms with Gasteiger partial charge in [-0.2, -0.15) is 0 Å². The molecule has 0 radical (unpaired) electrons. The molecule has 1 fully saturated rings. The fraction of sp³-hybridized carbons (Fsp3) is 0.294. The first-order valence-corrected chi connectivity index (χ1v) is 7.96. The number of halogens is 1. The minimum atomic E-state index is -0.317. The monoisotopic (exact) mass is 331 g/mol. The molecule has 1 heterocycles. The normalized spacial score (nSPS) is 18.7. The Morgan fingerprint density at radius 3 is 2.74 bits per heavy atom. The number of nitrogens with one attached hydrogen (secondary N) is 1. The second-order valence-electron chi connectivity index (χ2n) is 5.60. The molecule has 2 aromatic rings. The van der Waals surface area contributed by atoms with Crippen LogP contribution in [0.15, 0.2) is 48.5 Å². The summed E-state index contributed by atoms with van der Waals surface area (Å²) in [5, 5.41) is 15.3. The molecule has 3 rings (SSSR count). The van der Waals surface area contributed by atoms with E-state index in [-0.39, 0.29) is 16.7 Å². The van der Waals surface area contributed by atoms with Crippen LogP contribution >= 0.6 is 11.6 Å². The minimum absolute atomic E-state index is 0.109. The number of hydrogen-bond acceptors (Lipinski definition) is 4. The van der Waals surface area contributed by atoms with Crippen LogP contribution in [0.1, 0.15) is 17.2 Å². The van der Waals surface area contributed by atoms with Gasteiger partial charge in [-0.25, -0.2) is 0 Å². The molecular formula is C17H18ClN3O2. The van der Waals surface area contributed by atoms with Crippen LogP contribution in [0.5, 0.6) is 0 Å². The summed E-state index contributed by atoms with van der Waals surface area (Å²) in [6.45, 7) is 3.00. The molecule has 1 saturated heterocycles. The summed E-state index contributed by atoms with van der Waals surface area (Å²) in [7, 11) is 0. The zero-order chi connectivity index (χ0) is 16.2. The highest BCUT2D eigenvalue weighted by atomic mass is 35.5. The summed E-state index contributed by atoms with van der Waals surface area (Å²) in [5.74, 6) is 0. The second-order valence-corrected chi connectivity index (χ2v) is 6.00. The Morgan fingerprint density at radius 1 is 1.22 bits per heavy atom. The van der Waals surface area contributed by atoms with E-state index < -0.39 is 0 Å². The molecule has 0 aliphatic carbocycles. The predicted octanol–water partition coefficient (Wildman–Crippen LogP) is 3.39. The molecule has 1 atom stereocenters. The van der Waals surface area contributed by atoms with E-state index in [4.69, 9.17) is 11.6 Å². The van der Waals surface area contributed by atoms with E-state index in [9.17, 15) is 10.1 Å². The standard InChI is InChI=1S/C17H18ClN3O2/c18-15-7-3-2-6-14(15)17-11-19-9-10-20(17)12-13-5-1-4-8-16(13)21(22)23/h1-8,17,19H,9-12H2. The van der Waals surface area contributed by atoms with Crippen molar-refractivity contribution in [3.8, 4) is 0 Å². The van der Waals surface area contributed by atoms with E-state index in [1.807, 2.05) is 36.4 Å². The van der Waals surface area contributed by atoms with Crippen LogP contribution in [-0.2, 0) is 6.54 Å². The summed E-state index contributed by atoms with van der Waals surface area (Å²) in [5.41, 5.74) is 1.96. The summed E-state index contributed by atoms with van der Waals surface area (Å²) in [6.07, 6.45) is 0. The van der Waals surface area contributed by atoms with E-state index in [0.29, 0.717) is 6.54 Å². The first-order valence-electron chi connectivity index (χ1n) is 7.58. The lowest BCUT2D eigenvalue weighted by atomic mass is 10.0. The highest BCUT2D eigenvalue weighted by Gasteiger charge is 2.27. The number of hydrogen-bond donors (Lipinski definition) is 1. The van der Waals surface area contributed by atoms with Gasteiger partial charge in [0.25, 0.3) is 5.69 Å². The number of nitrogens with zero attached hydrogens (tertiary/aromatic N) is 2. The molecule has 23 heavy (non-hydrogen) atoms. The Hall–Kier alpha value is -1.95. The number of nitro groups is 1. The van der Waals surface area contributed by atoms with Gasteiger partial charge in [0.2, 0.25) is 0 Å². The average Bonchev–Trinajstić information content (AvgIpc) is 2.56. The summed E-state index contributed by atoms with van der Waals surface area (Å²) in [4.78, 5) is 13.2. The van der Waals surface area contributed by atoms with Crippen LogP contribution in [-0.4, -0.2) is 29.5 Å². The van der Waals surface area contributed by atoms with Crippen LogP contribution < -0.4 is 5.32 Å². The van der Waals surface area contributed by atoms with E-state index in [0.717, 1.165) is 35.8 Å². The fourth-order valence-corrected chi connectivity index (χ4v) is 3.29. The predicted molar refractivity (Wildman–Crippen MR) is 90.6 cm³/mol. The maximum absolute atomic E-state index is 11.2. The van der Waals surface area contributed by atoms with Gasteiger partial charge in [0.05, 0.1) is 4.92 Å². The molecule has 0 aromatic heterocycles. The van der Waals surface area contributed by atoms with Crippen molar-refractivity contribution in [2.24, 2.45) is 0 Å². The molecule has 1 unspecified atom stereocenters. The third kappa shape index (κ3) is 3.52. The van der Waals surface area contributed by atoms with Crippen LogP contribution in [0.3, 0.4) is 0 Å². The minimum Gasteiger partial charge on any atom is -0.314 e. The highest BCUT2D eigenvalue weighted by molar-refractivity contribution is 6.31. The molecule has 0 spiro atoms. The maximum Gasteiger partial charge on any atom is 0.273 e. The molecule has 0 saturated carbocycles. The molecule has 6 heteroatoms. The van der Waals surface area contributed by atoms with Crippen molar-refractivity contribution >= 4 is 17.3 Å². The van der Waals surface area contributed by atoms with Crippen molar-refractivity contribution in [3.63, 3.8) is 0 Å². The van der Waals surface area contributed by atoms with Gasteiger partial charge in [-0.15, -0.1) is 0 Å². The van der Waals surface area contributed by atoms with Gasteiger partial charge in [0.15, 0.2) is 0 Å². The second kappa shape index (κ2) is 7.08. The van der Waals surface area contributed by atoms with Gasteiger partial charge >= 0.3 is 0 Å². The number of benzene rings is 2. The molecule has 5 nitrogen and oxygen atoms in total. The van der Waals surface area contributed by atoms with Gasteiger partial charge in [-0.1, -0.05) is 48.0 Å².